The normalized spacial score (nSPS) is 16.2. The summed E-state index contributed by atoms with van der Waals surface area (Å²) in [7, 11) is 1.50. The van der Waals surface area contributed by atoms with Crippen LogP contribution in [0.5, 0.6) is 5.75 Å². The summed E-state index contributed by atoms with van der Waals surface area (Å²) in [6, 6.07) is 13.4. The minimum Gasteiger partial charge on any atom is -0.496 e. The van der Waals surface area contributed by atoms with E-state index in [0.29, 0.717) is 11.3 Å². The molecule has 0 saturated heterocycles. The van der Waals surface area contributed by atoms with Crippen molar-refractivity contribution in [1.29, 1.82) is 0 Å². The van der Waals surface area contributed by atoms with Crippen LogP contribution in [0, 0.1) is 0 Å². The number of hydrogen-bond acceptors (Lipinski definition) is 5. The van der Waals surface area contributed by atoms with Crippen molar-refractivity contribution in [1.82, 2.24) is 10.6 Å². The minimum absolute atomic E-state index is 0.101. The third kappa shape index (κ3) is 5.78. The molecule has 3 amide bonds. The fourth-order valence-corrected chi connectivity index (χ4v) is 3.62. The SMILES string of the molecule is COc1ccccc1C(NC(=O)OC(C)(C)C)C(=O)NCC1CC(=O)Nc2ccccc21. The molecular weight excluding hydrogens is 410 g/mol. The van der Waals surface area contributed by atoms with Crippen molar-refractivity contribution in [3.63, 3.8) is 0 Å². The molecule has 0 saturated carbocycles. The van der Waals surface area contributed by atoms with E-state index in [0.717, 1.165) is 11.3 Å². The Hall–Kier alpha value is -3.55. The van der Waals surface area contributed by atoms with Gasteiger partial charge in [0, 0.05) is 30.1 Å². The molecule has 1 aliphatic rings. The molecule has 0 spiro atoms. The standard InChI is InChI=1S/C24H29N3O5/c1-24(2,3)32-23(30)27-21(17-10-6-8-12-19(17)31-4)22(29)25-14-15-13-20(28)26-18-11-7-5-9-16(15)18/h5-12,15,21H,13-14H2,1-4H3,(H,25,29)(H,26,28)(H,27,30). The van der Waals surface area contributed by atoms with E-state index < -0.39 is 23.6 Å². The molecule has 8 nitrogen and oxygen atoms in total. The van der Waals surface area contributed by atoms with Gasteiger partial charge in [-0.2, -0.15) is 0 Å². The van der Waals surface area contributed by atoms with Crippen LogP contribution in [0.15, 0.2) is 48.5 Å². The molecule has 0 aromatic heterocycles. The lowest BCUT2D eigenvalue weighted by Crippen LogP contribution is -2.44. The maximum absolute atomic E-state index is 13.2. The van der Waals surface area contributed by atoms with Crippen LogP contribution >= 0.6 is 0 Å². The highest BCUT2D eigenvalue weighted by molar-refractivity contribution is 5.95. The Labute approximate surface area is 187 Å². The van der Waals surface area contributed by atoms with Crippen LogP contribution in [-0.4, -0.2) is 37.2 Å². The summed E-state index contributed by atoms with van der Waals surface area (Å²) in [6.07, 6.45) is -0.457. The Balaban J connectivity index is 1.80. The maximum atomic E-state index is 13.2. The van der Waals surface area contributed by atoms with Gasteiger partial charge in [0.2, 0.25) is 11.8 Å². The number of nitrogens with one attached hydrogen (secondary N) is 3. The average Bonchev–Trinajstić information content (AvgIpc) is 2.74. The van der Waals surface area contributed by atoms with Crippen molar-refractivity contribution in [3.8, 4) is 5.75 Å². The van der Waals surface area contributed by atoms with E-state index in [9.17, 15) is 14.4 Å². The summed E-state index contributed by atoms with van der Waals surface area (Å²) < 4.78 is 10.7. The van der Waals surface area contributed by atoms with Gasteiger partial charge < -0.3 is 25.4 Å². The Kier molecular flexibility index (Phi) is 7.02. The molecule has 32 heavy (non-hydrogen) atoms. The lowest BCUT2D eigenvalue weighted by molar-refractivity contribution is -0.124. The summed E-state index contributed by atoms with van der Waals surface area (Å²) in [5.41, 5.74) is 1.49. The second-order valence-electron chi connectivity index (χ2n) is 8.60. The fourth-order valence-electron chi connectivity index (χ4n) is 3.62. The van der Waals surface area contributed by atoms with Crippen LogP contribution in [0.2, 0.25) is 0 Å². The van der Waals surface area contributed by atoms with Crippen LogP contribution in [0.3, 0.4) is 0 Å². The van der Waals surface area contributed by atoms with E-state index in [1.807, 2.05) is 24.3 Å². The first-order valence-electron chi connectivity index (χ1n) is 10.5. The molecule has 2 aromatic rings. The number of fused-ring (bicyclic) bond motifs is 1. The predicted octanol–water partition coefficient (Wildman–Crippen LogP) is 3.50. The Morgan fingerprint density at radius 1 is 1.12 bits per heavy atom. The molecule has 3 rings (SSSR count). The van der Waals surface area contributed by atoms with Crippen LogP contribution in [-0.2, 0) is 14.3 Å². The van der Waals surface area contributed by atoms with E-state index in [1.54, 1.807) is 45.0 Å². The van der Waals surface area contributed by atoms with Crippen LogP contribution in [0.1, 0.15) is 50.3 Å². The topological polar surface area (TPSA) is 106 Å². The molecule has 1 heterocycles. The number of amides is 3. The predicted molar refractivity (Wildman–Crippen MR) is 121 cm³/mol. The largest absolute Gasteiger partial charge is 0.496 e. The van der Waals surface area contributed by atoms with Gasteiger partial charge in [0.05, 0.1) is 7.11 Å². The lowest BCUT2D eigenvalue weighted by Gasteiger charge is -2.27. The number of methoxy groups -OCH3 is 1. The van der Waals surface area contributed by atoms with Crippen molar-refractivity contribution >= 4 is 23.6 Å². The minimum atomic E-state index is -1.03. The highest BCUT2D eigenvalue weighted by atomic mass is 16.6. The van der Waals surface area contributed by atoms with Gasteiger partial charge in [0.25, 0.3) is 0 Å². The molecule has 0 radical (unpaired) electrons. The summed E-state index contributed by atoms with van der Waals surface area (Å²) in [5, 5.41) is 8.38. The molecule has 0 fully saturated rings. The molecule has 170 valence electrons. The smallest absolute Gasteiger partial charge is 0.408 e. The van der Waals surface area contributed by atoms with Gasteiger partial charge >= 0.3 is 6.09 Å². The Morgan fingerprint density at radius 3 is 2.53 bits per heavy atom. The van der Waals surface area contributed by atoms with E-state index >= 15 is 0 Å². The molecule has 3 N–H and O–H groups in total. The Bertz CT molecular complexity index is 999. The Morgan fingerprint density at radius 2 is 1.81 bits per heavy atom. The zero-order valence-electron chi connectivity index (χ0n) is 18.7. The van der Waals surface area contributed by atoms with Crippen LogP contribution < -0.4 is 20.7 Å². The molecular formula is C24H29N3O5. The van der Waals surface area contributed by atoms with Gasteiger partial charge in [-0.15, -0.1) is 0 Å². The van der Waals surface area contributed by atoms with Crippen molar-refractivity contribution in [2.24, 2.45) is 0 Å². The molecule has 0 aliphatic carbocycles. The van der Waals surface area contributed by atoms with E-state index in [-0.39, 0.29) is 24.8 Å². The zero-order valence-corrected chi connectivity index (χ0v) is 18.7. The number of alkyl carbamates (subject to hydrolysis) is 1. The first-order chi connectivity index (χ1) is 15.2. The number of ether oxygens (including phenoxy) is 2. The highest BCUT2D eigenvalue weighted by Gasteiger charge is 2.30. The van der Waals surface area contributed by atoms with Crippen molar-refractivity contribution < 1.29 is 23.9 Å². The van der Waals surface area contributed by atoms with E-state index in [1.165, 1.54) is 7.11 Å². The first-order valence-corrected chi connectivity index (χ1v) is 10.5. The molecule has 8 heteroatoms. The number of para-hydroxylation sites is 2. The molecule has 2 atom stereocenters. The fraction of sp³-hybridized carbons (Fsp3) is 0.375. The summed E-state index contributed by atoms with van der Waals surface area (Å²) in [4.78, 5) is 37.7. The quantitative estimate of drug-likeness (QED) is 0.639. The first kappa shape index (κ1) is 23.1. The summed E-state index contributed by atoms with van der Waals surface area (Å²) >= 11 is 0. The number of anilines is 1. The number of carbonyl (C=O) groups is 3. The van der Waals surface area contributed by atoms with Gasteiger partial charge in [-0.25, -0.2) is 4.79 Å². The molecule has 1 aliphatic heterocycles. The second-order valence-corrected chi connectivity index (χ2v) is 8.60. The van der Waals surface area contributed by atoms with E-state index in [4.69, 9.17) is 9.47 Å². The number of rotatable bonds is 6. The van der Waals surface area contributed by atoms with Crippen LogP contribution in [0.4, 0.5) is 10.5 Å². The van der Waals surface area contributed by atoms with Gasteiger partial charge in [-0.1, -0.05) is 36.4 Å². The lowest BCUT2D eigenvalue weighted by atomic mass is 9.90. The van der Waals surface area contributed by atoms with Gasteiger partial charge in [0.15, 0.2) is 0 Å². The third-order valence-corrected chi connectivity index (χ3v) is 5.00. The third-order valence-electron chi connectivity index (χ3n) is 5.00. The summed E-state index contributed by atoms with van der Waals surface area (Å²) in [5.74, 6) is -0.241. The second kappa shape index (κ2) is 9.72. The number of hydrogen-bond donors (Lipinski definition) is 3. The summed E-state index contributed by atoms with van der Waals surface area (Å²) in [6.45, 7) is 5.48. The molecule has 2 unspecified atom stereocenters. The van der Waals surface area contributed by atoms with Crippen molar-refractivity contribution in [3.05, 3.63) is 59.7 Å². The van der Waals surface area contributed by atoms with Crippen molar-refractivity contribution in [2.45, 2.75) is 44.8 Å². The molecule has 0 bridgehead atoms. The average molecular weight is 440 g/mol. The van der Waals surface area contributed by atoms with Gasteiger partial charge in [-0.05, 0) is 38.5 Å². The zero-order chi connectivity index (χ0) is 23.3. The number of carbonyl (C=O) groups excluding carboxylic acids is 3. The van der Waals surface area contributed by atoms with Crippen LogP contribution in [0.25, 0.3) is 0 Å². The van der Waals surface area contributed by atoms with Gasteiger partial charge in [-0.3, -0.25) is 9.59 Å². The maximum Gasteiger partial charge on any atom is 0.408 e. The monoisotopic (exact) mass is 439 g/mol. The van der Waals surface area contributed by atoms with E-state index in [2.05, 4.69) is 16.0 Å². The van der Waals surface area contributed by atoms with Crippen molar-refractivity contribution in [2.75, 3.05) is 19.0 Å². The highest BCUT2D eigenvalue weighted by Crippen LogP contribution is 2.32. The van der Waals surface area contributed by atoms with Gasteiger partial charge in [0.1, 0.15) is 17.4 Å². The number of benzene rings is 2. The molecule has 2 aromatic carbocycles.